The molecule has 2 unspecified atom stereocenters. The third kappa shape index (κ3) is 4.23. The van der Waals surface area contributed by atoms with Gasteiger partial charge in [-0.3, -0.25) is 0 Å². The van der Waals surface area contributed by atoms with E-state index >= 15 is 0 Å². The number of alkyl halides is 3. The van der Waals surface area contributed by atoms with E-state index in [0.29, 0.717) is 29.2 Å². The van der Waals surface area contributed by atoms with Crippen molar-refractivity contribution in [3.63, 3.8) is 0 Å². The summed E-state index contributed by atoms with van der Waals surface area (Å²) in [6, 6.07) is 5.68. The zero-order valence-corrected chi connectivity index (χ0v) is 14.2. The Morgan fingerprint density at radius 2 is 2.12 bits per heavy atom. The van der Waals surface area contributed by atoms with Crippen LogP contribution >= 0.6 is 0 Å². The highest BCUT2D eigenvalue weighted by molar-refractivity contribution is 5.40. The summed E-state index contributed by atoms with van der Waals surface area (Å²) in [6.45, 7) is 4.86. The van der Waals surface area contributed by atoms with Crippen molar-refractivity contribution in [1.29, 1.82) is 0 Å². The predicted octanol–water partition coefficient (Wildman–Crippen LogP) is 3.94. The fourth-order valence-electron chi connectivity index (χ4n) is 3.07. The minimum Gasteiger partial charge on any atom is -0.314 e. The van der Waals surface area contributed by atoms with Gasteiger partial charge in [-0.15, -0.1) is 0 Å². The van der Waals surface area contributed by atoms with E-state index in [1.165, 1.54) is 6.07 Å². The maximum absolute atomic E-state index is 12.9. The van der Waals surface area contributed by atoms with E-state index in [-0.39, 0.29) is 0 Å². The number of rotatable bonds is 1. The number of halogens is 3. The highest BCUT2D eigenvalue weighted by Crippen LogP contribution is 2.30. The first kappa shape index (κ1) is 17.6. The maximum atomic E-state index is 12.9. The normalized spacial score (nSPS) is 20.8. The van der Waals surface area contributed by atoms with Gasteiger partial charge in [0.25, 0.3) is 0 Å². The molecule has 0 amide bonds. The number of hydrogen-bond donors (Lipinski definition) is 1. The standard InChI is InChI=1S/C19H20F3N3/c1-13-10-15(8-9-23-13)6-7-17-12-25(14(2)24-17)18-5-3-4-16(11-18)19(20,21)22/h3-5,11-13,15,23H,8-10H2,1-2H3. The number of nitrogens with zero attached hydrogens (tertiary/aromatic N) is 2. The first-order valence-electron chi connectivity index (χ1n) is 8.31. The quantitative estimate of drug-likeness (QED) is 0.792. The molecule has 1 saturated heterocycles. The number of piperidine rings is 1. The summed E-state index contributed by atoms with van der Waals surface area (Å²) in [6.07, 6.45) is -0.661. The summed E-state index contributed by atoms with van der Waals surface area (Å²) >= 11 is 0. The molecule has 1 aromatic heterocycles. The lowest BCUT2D eigenvalue weighted by Crippen LogP contribution is -2.35. The van der Waals surface area contributed by atoms with Gasteiger partial charge < -0.3 is 9.88 Å². The van der Waals surface area contributed by atoms with E-state index in [9.17, 15) is 13.2 Å². The molecule has 0 spiro atoms. The minimum atomic E-state index is -4.36. The van der Waals surface area contributed by atoms with Crippen molar-refractivity contribution in [3.05, 3.63) is 47.5 Å². The molecule has 0 saturated carbocycles. The Morgan fingerprint density at radius 1 is 1.32 bits per heavy atom. The zero-order chi connectivity index (χ0) is 18.0. The summed E-state index contributed by atoms with van der Waals surface area (Å²) in [5.74, 6) is 7.27. The van der Waals surface area contributed by atoms with Crippen LogP contribution in [0.25, 0.3) is 5.69 Å². The molecule has 1 aliphatic rings. The summed E-state index contributed by atoms with van der Waals surface area (Å²) in [5, 5.41) is 3.38. The molecule has 3 nitrogen and oxygen atoms in total. The van der Waals surface area contributed by atoms with Gasteiger partial charge in [-0.2, -0.15) is 13.2 Å². The van der Waals surface area contributed by atoms with Crippen LogP contribution in [-0.4, -0.2) is 22.1 Å². The third-order valence-electron chi connectivity index (χ3n) is 4.36. The second-order valence-corrected chi connectivity index (χ2v) is 6.44. The van der Waals surface area contributed by atoms with E-state index < -0.39 is 11.7 Å². The smallest absolute Gasteiger partial charge is 0.314 e. The van der Waals surface area contributed by atoms with E-state index in [2.05, 4.69) is 29.1 Å². The first-order valence-corrected chi connectivity index (χ1v) is 8.31. The van der Waals surface area contributed by atoms with E-state index in [4.69, 9.17) is 0 Å². The van der Waals surface area contributed by atoms with Crippen LogP contribution in [0.5, 0.6) is 0 Å². The lowest BCUT2D eigenvalue weighted by atomic mass is 9.94. The van der Waals surface area contributed by atoms with Gasteiger partial charge in [-0.25, -0.2) is 4.98 Å². The van der Waals surface area contributed by atoms with Crippen molar-refractivity contribution < 1.29 is 13.2 Å². The number of hydrogen-bond acceptors (Lipinski definition) is 2. The van der Waals surface area contributed by atoms with Crippen molar-refractivity contribution >= 4 is 0 Å². The van der Waals surface area contributed by atoms with Crippen molar-refractivity contribution in [3.8, 4) is 17.5 Å². The third-order valence-corrected chi connectivity index (χ3v) is 4.36. The Hall–Kier alpha value is -2.26. The van der Waals surface area contributed by atoms with Crippen molar-refractivity contribution in [1.82, 2.24) is 14.9 Å². The molecule has 2 heterocycles. The van der Waals surface area contributed by atoms with Gasteiger partial charge in [0, 0.05) is 23.8 Å². The predicted molar refractivity (Wildman–Crippen MR) is 90.4 cm³/mol. The Kier molecular flexibility index (Phi) is 4.87. The number of nitrogens with one attached hydrogen (secondary N) is 1. The second-order valence-electron chi connectivity index (χ2n) is 6.44. The molecule has 0 bridgehead atoms. The average Bonchev–Trinajstić information content (AvgIpc) is 2.93. The molecule has 3 rings (SSSR count). The molecule has 25 heavy (non-hydrogen) atoms. The fraction of sp³-hybridized carbons (Fsp3) is 0.421. The average molecular weight is 347 g/mol. The lowest BCUT2D eigenvalue weighted by molar-refractivity contribution is -0.137. The van der Waals surface area contributed by atoms with Crippen molar-refractivity contribution in [2.24, 2.45) is 5.92 Å². The summed E-state index contributed by atoms with van der Waals surface area (Å²) in [5.41, 5.74) is 0.346. The zero-order valence-electron chi connectivity index (χ0n) is 14.2. The molecule has 0 radical (unpaired) electrons. The molecule has 1 N–H and O–H groups in total. The Morgan fingerprint density at radius 3 is 2.84 bits per heavy atom. The highest BCUT2D eigenvalue weighted by Gasteiger charge is 2.30. The molecule has 2 atom stereocenters. The first-order chi connectivity index (χ1) is 11.8. The summed E-state index contributed by atoms with van der Waals surface area (Å²) < 4.78 is 40.3. The Labute approximate surface area is 145 Å². The maximum Gasteiger partial charge on any atom is 0.416 e. The van der Waals surface area contributed by atoms with Crippen LogP contribution in [0, 0.1) is 24.7 Å². The van der Waals surface area contributed by atoms with Crippen LogP contribution in [0.4, 0.5) is 13.2 Å². The molecule has 1 aliphatic heterocycles. The number of aryl methyl sites for hydroxylation is 1. The Balaban J connectivity index is 1.84. The van der Waals surface area contributed by atoms with Crippen molar-refractivity contribution in [2.45, 2.75) is 38.9 Å². The van der Waals surface area contributed by atoms with Crippen LogP contribution in [0.1, 0.15) is 36.8 Å². The van der Waals surface area contributed by atoms with E-state index in [1.54, 1.807) is 23.8 Å². The van der Waals surface area contributed by atoms with E-state index in [0.717, 1.165) is 31.5 Å². The molecule has 132 valence electrons. The topological polar surface area (TPSA) is 29.9 Å². The molecule has 6 heteroatoms. The van der Waals surface area contributed by atoms with Crippen LogP contribution in [-0.2, 0) is 6.18 Å². The highest BCUT2D eigenvalue weighted by atomic mass is 19.4. The Bertz CT molecular complexity index is 811. The van der Waals surface area contributed by atoms with Gasteiger partial charge in [-0.1, -0.05) is 12.0 Å². The number of imidazole rings is 1. The van der Waals surface area contributed by atoms with Gasteiger partial charge in [0.2, 0.25) is 0 Å². The molecule has 0 aliphatic carbocycles. The second kappa shape index (κ2) is 6.93. The van der Waals surface area contributed by atoms with Gasteiger partial charge in [0.05, 0.1) is 5.56 Å². The molecular formula is C19H20F3N3. The number of benzene rings is 1. The fourth-order valence-corrected chi connectivity index (χ4v) is 3.07. The monoisotopic (exact) mass is 347 g/mol. The van der Waals surface area contributed by atoms with Gasteiger partial charge in [0.15, 0.2) is 0 Å². The molecule has 2 aromatic rings. The largest absolute Gasteiger partial charge is 0.416 e. The van der Waals surface area contributed by atoms with Gasteiger partial charge in [0.1, 0.15) is 11.5 Å². The SMILES string of the molecule is Cc1nc(C#CC2CCNC(C)C2)cn1-c1cccc(C(F)(F)F)c1. The minimum absolute atomic E-state index is 0.329. The van der Waals surface area contributed by atoms with Crippen LogP contribution in [0.15, 0.2) is 30.5 Å². The van der Waals surface area contributed by atoms with Crippen molar-refractivity contribution in [2.75, 3.05) is 6.54 Å². The lowest BCUT2D eigenvalue weighted by Gasteiger charge is -2.24. The molecular weight excluding hydrogens is 327 g/mol. The van der Waals surface area contributed by atoms with Crippen LogP contribution in [0.2, 0.25) is 0 Å². The molecule has 1 fully saturated rings. The van der Waals surface area contributed by atoms with Crippen LogP contribution in [0.3, 0.4) is 0 Å². The molecule has 1 aromatic carbocycles. The van der Waals surface area contributed by atoms with Gasteiger partial charge >= 0.3 is 6.18 Å². The van der Waals surface area contributed by atoms with E-state index in [1.807, 2.05) is 0 Å². The van der Waals surface area contributed by atoms with Gasteiger partial charge in [-0.05, 0) is 57.4 Å². The van der Waals surface area contributed by atoms with Crippen LogP contribution < -0.4 is 5.32 Å². The summed E-state index contributed by atoms with van der Waals surface area (Å²) in [4.78, 5) is 4.37. The number of aromatic nitrogens is 2. The summed E-state index contributed by atoms with van der Waals surface area (Å²) in [7, 11) is 0.